The summed E-state index contributed by atoms with van der Waals surface area (Å²) < 4.78 is 0. The number of aromatic hydroxyl groups is 4. The van der Waals surface area contributed by atoms with Gasteiger partial charge in [0.2, 0.25) is 0 Å². The van der Waals surface area contributed by atoms with Crippen LogP contribution in [0.4, 0.5) is 0 Å². The molecule has 0 aromatic heterocycles. The van der Waals surface area contributed by atoms with Crippen molar-refractivity contribution in [2.75, 3.05) is 0 Å². The molecule has 9 nitrogen and oxygen atoms in total. The molecule has 0 radical (unpaired) electrons. The molecular weight excluding hydrogens is 528 g/mol. The summed E-state index contributed by atoms with van der Waals surface area (Å²) in [5.74, 6) is -0.391. The zero-order chi connectivity index (χ0) is 29.7. The van der Waals surface area contributed by atoms with E-state index in [1.807, 2.05) is 0 Å². The molecule has 41 heavy (non-hydrogen) atoms. The van der Waals surface area contributed by atoms with Crippen LogP contribution in [0, 0.1) is 0 Å². The van der Waals surface area contributed by atoms with Gasteiger partial charge in [-0.2, -0.15) is 0 Å². The second-order valence-corrected chi connectivity index (χ2v) is 10.1. The van der Waals surface area contributed by atoms with Crippen LogP contribution in [0.2, 0.25) is 0 Å². The van der Waals surface area contributed by atoms with Gasteiger partial charge < -0.3 is 46.0 Å². The van der Waals surface area contributed by atoms with Crippen molar-refractivity contribution in [3.8, 4) is 23.0 Å². The first-order valence-corrected chi connectivity index (χ1v) is 13.1. The summed E-state index contributed by atoms with van der Waals surface area (Å²) in [6.07, 6.45) is 0.655. The molecule has 0 saturated carbocycles. The highest BCUT2D eigenvalue weighted by Crippen LogP contribution is 2.35. The lowest BCUT2D eigenvalue weighted by Crippen LogP contribution is -2.02. The Morgan fingerprint density at radius 1 is 0.341 bits per heavy atom. The Kier molecular flexibility index (Phi) is 9.49. The van der Waals surface area contributed by atoms with Gasteiger partial charge in [-0.25, -0.2) is 0 Å². The summed E-state index contributed by atoms with van der Waals surface area (Å²) in [7, 11) is 0. The van der Waals surface area contributed by atoms with Crippen LogP contribution >= 0.6 is 0 Å². The predicted octanol–water partition coefficient (Wildman–Crippen LogP) is 2.74. The Bertz CT molecular complexity index is 1520. The number of hydrogen-bond acceptors (Lipinski definition) is 9. The lowest BCUT2D eigenvalue weighted by Gasteiger charge is -2.17. The SMILES string of the molecule is OCc1cc(CO)c(O)c(Cc2cc(Cc3ccc(O)c(CO)c3)cc(Cc3cc(CO)c(O)c(CO)c3)c2O)c1. The normalized spacial score (nSPS) is 11.2. The van der Waals surface area contributed by atoms with Crippen LogP contribution in [-0.4, -0.2) is 46.0 Å². The number of aliphatic hydroxyl groups excluding tert-OH is 5. The topological polar surface area (TPSA) is 182 Å². The molecule has 216 valence electrons. The standard InChI is InChI=1S/C32H34O9/c33-13-21-10-24(31(40)28(11-21)17-37)12-23-6-19(3-18-1-2-29(38)25(4-18)14-34)5-22(30(23)39)7-20-8-26(15-35)32(41)27(9-20)16-36/h1-2,4-6,8-11,33-41H,3,7,12-17H2. The Balaban J connectivity index is 1.82. The van der Waals surface area contributed by atoms with E-state index < -0.39 is 19.8 Å². The molecule has 0 aliphatic heterocycles. The lowest BCUT2D eigenvalue weighted by atomic mass is 9.90. The molecule has 0 spiro atoms. The van der Waals surface area contributed by atoms with Crippen LogP contribution in [0.15, 0.2) is 54.6 Å². The van der Waals surface area contributed by atoms with Crippen molar-refractivity contribution in [1.82, 2.24) is 0 Å². The first kappa shape index (κ1) is 29.9. The van der Waals surface area contributed by atoms with Gasteiger partial charge in [0, 0.05) is 35.1 Å². The third kappa shape index (κ3) is 6.62. The molecule has 9 N–H and O–H groups in total. The molecule has 0 fully saturated rings. The molecule has 4 aromatic carbocycles. The minimum atomic E-state index is -0.439. The van der Waals surface area contributed by atoms with Crippen LogP contribution in [0.1, 0.15) is 61.2 Å². The van der Waals surface area contributed by atoms with Gasteiger partial charge in [-0.15, -0.1) is 0 Å². The molecule has 0 amide bonds. The van der Waals surface area contributed by atoms with E-state index in [4.69, 9.17) is 0 Å². The van der Waals surface area contributed by atoms with Gasteiger partial charge in [0.1, 0.15) is 23.0 Å². The molecule has 0 bridgehead atoms. The number of phenolic OH excluding ortho intramolecular Hbond substituents is 1. The Morgan fingerprint density at radius 3 is 1.27 bits per heavy atom. The zero-order valence-electron chi connectivity index (χ0n) is 22.4. The minimum Gasteiger partial charge on any atom is -0.508 e. The van der Waals surface area contributed by atoms with Crippen molar-refractivity contribution in [3.63, 3.8) is 0 Å². The molecule has 0 atom stereocenters. The van der Waals surface area contributed by atoms with Gasteiger partial charge in [0.15, 0.2) is 0 Å². The molecule has 0 saturated heterocycles. The van der Waals surface area contributed by atoms with Crippen LogP contribution < -0.4 is 0 Å². The van der Waals surface area contributed by atoms with Crippen molar-refractivity contribution in [2.45, 2.75) is 52.3 Å². The lowest BCUT2D eigenvalue weighted by molar-refractivity contribution is 0.263. The average Bonchev–Trinajstić information content (AvgIpc) is 2.97. The molecule has 0 heterocycles. The van der Waals surface area contributed by atoms with E-state index >= 15 is 0 Å². The quantitative estimate of drug-likeness (QED) is 0.133. The molecule has 0 aliphatic rings. The number of phenols is 4. The Hall–Kier alpha value is -4.12. The smallest absolute Gasteiger partial charge is 0.126 e. The molecular formula is C32H34O9. The fourth-order valence-corrected chi connectivity index (χ4v) is 5.09. The van der Waals surface area contributed by atoms with Crippen molar-refractivity contribution in [3.05, 3.63) is 116 Å². The van der Waals surface area contributed by atoms with Gasteiger partial charge in [0.05, 0.1) is 33.0 Å². The largest absolute Gasteiger partial charge is 0.508 e. The van der Waals surface area contributed by atoms with E-state index in [1.54, 1.807) is 42.5 Å². The molecule has 9 heteroatoms. The van der Waals surface area contributed by atoms with E-state index in [1.165, 1.54) is 12.1 Å². The monoisotopic (exact) mass is 562 g/mol. The van der Waals surface area contributed by atoms with Gasteiger partial charge in [-0.1, -0.05) is 18.2 Å². The number of aliphatic hydroxyl groups is 5. The summed E-state index contributed by atoms with van der Waals surface area (Å²) in [4.78, 5) is 0. The van der Waals surface area contributed by atoms with Gasteiger partial charge in [-0.3, -0.25) is 0 Å². The highest BCUT2D eigenvalue weighted by atomic mass is 16.3. The summed E-state index contributed by atoms with van der Waals surface area (Å²) in [6.45, 7) is -1.94. The van der Waals surface area contributed by atoms with E-state index in [0.29, 0.717) is 39.8 Å². The summed E-state index contributed by atoms with van der Waals surface area (Å²) in [6, 6.07) is 14.8. The fraction of sp³-hybridized carbons (Fsp3) is 0.250. The third-order valence-corrected chi connectivity index (χ3v) is 7.17. The van der Waals surface area contributed by atoms with Crippen molar-refractivity contribution in [1.29, 1.82) is 0 Å². The van der Waals surface area contributed by atoms with E-state index in [2.05, 4.69) is 0 Å². The van der Waals surface area contributed by atoms with E-state index in [9.17, 15) is 46.0 Å². The average molecular weight is 563 g/mol. The number of hydrogen-bond donors (Lipinski definition) is 9. The van der Waals surface area contributed by atoms with E-state index in [0.717, 1.165) is 11.1 Å². The maximum absolute atomic E-state index is 11.4. The third-order valence-electron chi connectivity index (χ3n) is 7.17. The maximum Gasteiger partial charge on any atom is 0.126 e. The second-order valence-electron chi connectivity index (χ2n) is 10.1. The van der Waals surface area contributed by atoms with Crippen LogP contribution in [0.25, 0.3) is 0 Å². The molecule has 0 aliphatic carbocycles. The van der Waals surface area contributed by atoms with Crippen molar-refractivity contribution >= 4 is 0 Å². The molecule has 4 aromatic rings. The fourth-order valence-electron chi connectivity index (χ4n) is 5.09. The maximum atomic E-state index is 11.4. The number of benzene rings is 4. The highest BCUT2D eigenvalue weighted by Gasteiger charge is 2.18. The Morgan fingerprint density at radius 2 is 0.732 bits per heavy atom. The van der Waals surface area contributed by atoms with E-state index in [-0.39, 0.29) is 65.7 Å². The predicted molar refractivity (Wildman–Crippen MR) is 150 cm³/mol. The van der Waals surface area contributed by atoms with Crippen LogP contribution in [0.5, 0.6) is 23.0 Å². The van der Waals surface area contributed by atoms with Gasteiger partial charge in [0.25, 0.3) is 0 Å². The molecule has 0 unspecified atom stereocenters. The summed E-state index contributed by atoms with van der Waals surface area (Å²) in [5.41, 5.74) is 5.21. The first-order valence-electron chi connectivity index (χ1n) is 13.1. The summed E-state index contributed by atoms with van der Waals surface area (Å²) in [5, 5.41) is 90.7. The summed E-state index contributed by atoms with van der Waals surface area (Å²) >= 11 is 0. The highest BCUT2D eigenvalue weighted by molar-refractivity contribution is 5.53. The molecule has 4 rings (SSSR count). The Labute approximate surface area is 237 Å². The second kappa shape index (κ2) is 13.0. The zero-order valence-corrected chi connectivity index (χ0v) is 22.4. The minimum absolute atomic E-state index is 0.0195. The van der Waals surface area contributed by atoms with Gasteiger partial charge in [-0.05, 0) is 81.8 Å². The van der Waals surface area contributed by atoms with Crippen LogP contribution in [-0.2, 0) is 52.3 Å². The van der Waals surface area contributed by atoms with Crippen molar-refractivity contribution < 1.29 is 46.0 Å². The van der Waals surface area contributed by atoms with Crippen LogP contribution in [0.3, 0.4) is 0 Å². The van der Waals surface area contributed by atoms with Crippen molar-refractivity contribution in [2.24, 2.45) is 0 Å². The number of rotatable bonds is 11. The first-order chi connectivity index (χ1) is 19.7. The van der Waals surface area contributed by atoms with Gasteiger partial charge >= 0.3 is 0 Å².